The number of hydrogen-bond acceptors (Lipinski definition) is 3. The third-order valence-corrected chi connectivity index (χ3v) is 4.54. The van der Waals surface area contributed by atoms with Gasteiger partial charge < -0.3 is 9.64 Å². The molecule has 2 heterocycles. The lowest BCUT2D eigenvalue weighted by molar-refractivity contribution is 0.0977. The molecule has 1 aliphatic heterocycles. The Kier molecular flexibility index (Phi) is 3.45. The number of rotatable bonds is 2. The van der Waals surface area contributed by atoms with Crippen molar-refractivity contribution in [2.24, 2.45) is 0 Å². The van der Waals surface area contributed by atoms with Crippen molar-refractivity contribution in [1.82, 2.24) is 4.98 Å². The molecule has 1 aromatic heterocycles. The molecule has 0 aliphatic carbocycles. The van der Waals surface area contributed by atoms with Gasteiger partial charge in [0.05, 0.1) is 12.6 Å². The van der Waals surface area contributed by atoms with Crippen molar-refractivity contribution in [2.75, 3.05) is 12.0 Å². The second kappa shape index (κ2) is 5.64. The number of amides is 1. The van der Waals surface area contributed by atoms with E-state index in [0.29, 0.717) is 5.69 Å². The molecule has 1 amide bonds. The van der Waals surface area contributed by atoms with Crippen LogP contribution in [0.25, 0.3) is 10.9 Å². The number of benzene rings is 2. The van der Waals surface area contributed by atoms with Crippen molar-refractivity contribution in [1.29, 1.82) is 0 Å². The third kappa shape index (κ3) is 2.31. The number of hydrogen-bond donors (Lipinski definition) is 0. The predicted molar refractivity (Wildman–Crippen MR) is 94.7 cm³/mol. The number of aromatic nitrogens is 1. The summed E-state index contributed by atoms with van der Waals surface area (Å²) in [6, 6.07) is 17.6. The first-order valence-electron chi connectivity index (χ1n) is 8.03. The van der Waals surface area contributed by atoms with Crippen LogP contribution in [0.4, 0.5) is 5.69 Å². The molecule has 0 saturated heterocycles. The highest BCUT2D eigenvalue weighted by atomic mass is 16.5. The zero-order valence-electron chi connectivity index (χ0n) is 13.7. The lowest BCUT2D eigenvalue weighted by Gasteiger charge is -2.22. The van der Waals surface area contributed by atoms with Gasteiger partial charge in [0.15, 0.2) is 0 Å². The first-order chi connectivity index (χ1) is 11.7. The van der Waals surface area contributed by atoms with E-state index in [4.69, 9.17) is 4.74 Å². The monoisotopic (exact) mass is 318 g/mol. The normalized spacial score (nSPS) is 16.2. The van der Waals surface area contributed by atoms with Crippen LogP contribution >= 0.6 is 0 Å². The average Bonchev–Trinajstić information content (AvgIpc) is 2.95. The Balaban J connectivity index is 1.73. The third-order valence-electron chi connectivity index (χ3n) is 4.54. The molecule has 4 heteroatoms. The Hall–Kier alpha value is -2.88. The highest BCUT2D eigenvalue weighted by Gasteiger charge is 2.31. The summed E-state index contributed by atoms with van der Waals surface area (Å²) in [6.07, 6.45) is 0.882. The van der Waals surface area contributed by atoms with E-state index in [2.05, 4.69) is 18.0 Å². The molecule has 24 heavy (non-hydrogen) atoms. The van der Waals surface area contributed by atoms with Crippen LogP contribution in [0.5, 0.6) is 5.75 Å². The van der Waals surface area contributed by atoms with Gasteiger partial charge in [0, 0.05) is 17.1 Å². The lowest BCUT2D eigenvalue weighted by Crippen LogP contribution is -2.36. The predicted octanol–water partition coefficient (Wildman–Crippen LogP) is 3.83. The SMILES string of the molecule is COc1ccc2nc(C(=O)N3c4ccccc4CC3C)ccc2c1. The molecule has 3 aromatic rings. The Morgan fingerprint density at radius 1 is 1.17 bits per heavy atom. The molecular weight excluding hydrogens is 300 g/mol. The molecule has 2 aromatic carbocycles. The van der Waals surface area contributed by atoms with Crippen LogP contribution in [0.1, 0.15) is 23.0 Å². The van der Waals surface area contributed by atoms with Crippen molar-refractivity contribution in [3.8, 4) is 5.75 Å². The van der Waals surface area contributed by atoms with Gasteiger partial charge in [0.25, 0.3) is 5.91 Å². The topological polar surface area (TPSA) is 42.4 Å². The van der Waals surface area contributed by atoms with Crippen LogP contribution in [-0.4, -0.2) is 24.0 Å². The fourth-order valence-electron chi connectivity index (χ4n) is 3.35. The van der Waals surface area contributed by atoms with Crippen LogP contribution in [0.3, 0.4) is 0 Å². The smallest absolute Gasteiger partial charge is 0.277 e. The summed E-state index contributed by atoms with van der Waals surface area (Å²) in [4.78, 5) is 19.4. The average molecular weight is 318 g/mol. The Morgan fingerprint density at radius 2 is 2.00 bits per heavy atom. The number of ether oxygens (including phenoxy) is 1. The Labute approximate surface area is 140 Å². The lowest BCUT2D eigenvalue weighted by atomic mass is 10.1. The van der Waals surface area contributed by atoms with Crippen LogP contribution in [0, 0.1) is 0 Å². The van der Waals surface area contributed by atoms with Gasteiger partial charge in [-0.25, -0.2) is 4.98 Å². The van der Waals surface area contributed by atoms with E-state index in [-0.39, 0.29) is 11.9 Å². The van der Waals surface area contributed by atoms with Gasteiger partial charge in [-0.2, -0.15) is 0 Å². The number of anilines is 1. The van der Waals surface area contributed by atoms with Gasteiger partial charge >= 0.3 is 0 Å². The number of methoxy groups -OCH3 is 1. The number of pyridine rings is 1. The van der Waals surface area contributed by atoms with Crippen molar-refractivity contribution >= 4 is 22.5 Å². The number of para-hydroxylation sites is 1. The van der Waals surface area contributed by atoms with Gasteiger partial charge in [0.1, 0.15) is 11.4 Å². The Bertz CT molecular complexity index is 936. The number of fused-ring (bicyclic) bond motifs is 2. The maximum Gasteiger partial charge on any atom is 0.277 e. The summed E-state index contributed by atoms with van der Waals surface area (Å²) in [5.74, 6) is 0.732. The number of carbonyl (C=O) groups is 1. The van der Waals surface area contributed by atoms with Gasteiger partial charge in [-0.3, -0.25) is 4.79 Å². The van der Waals surface area contributed by atoms with Crippen LogP contribution in [0.2, 0.25) is 0 Å². The van der Waals surface area contributed by atoms with E-state index in [1.165, 1.54) is 5.56 Å². The van der Waals surface area contributed by atoms with E-state index >= 15 is 0 Å². The van der Waals surface area contributed by atoms with Crippen LogP contribution in [0.15, 0.2) is 54.6 Å². The highest BCUT2D eigenvalue weighted by molar-refractivity contribution is 6.07. The molecule has 0 spiro atoms. The maximum atomic E-state index is 13.0. The summed E-state index contributed by atoms with van der Waals surface area (Å²) in [6.45, 7) is 2.07. The molecule has 4 rings (SSSR count). The summed E-state index contributed by atoms with van der Waals surface area (Å²) >= 11 is 0. The van der Waals surface area contributed by atoms with Crippen molar-refractivity contribution in [3.63, 3.8) is 0 Å². The van der Waals surface area contributed by atoms with Gasteiger partial charge in [-0.1, -0.05) is 24.3 Å². The zero-order chi connectivity index (χ0) is 16.7. The molecule has 0 fully saturated rings. The Morgan fingerprint density at radius 3 is 2.83 bits per heavy atom. The van der Waals surface area contributed by atoms with Gasteiger partial charge in [-0.15, -0.1) is 0 Å². The maximum absolute atomic E-state index is 13.0. The summed E-state index contributed by atoms with van der Waals surface area (Å²) < 4.78 is 5.23. The second-order valence-electron chi connectivity index (χ2n) is 6.11. The highest BCUT2D eigenvalue weighted by Crippen LogP contribution is 2.33. The second-order valence-corrected chi connectivity index (χ2v) is 6.11. The van der Waals surface area contributed by atoms with Crippen molar-refractivity contribution in [3.05, 3.63) is 65.9 Å². The van der Waals surface area contributed by atoms with Gasteiger partial charge in [-0.05, 0) is 49.2 Å². The largest absolute Gasteiger partial charge is 0.497 e. The molecule has 1 atom stereocenters. The summed E-state index contributed by atoms with van der Waals surface area (Å²) in [5, 5.41) is 0.959. The molecule has 0 bridgehead atoms. The van der Waals surface area contributed by atoms with E-state index in [0.717, 1.165) is 28.8 Å². The molecule has 1 unspecified atom stereocenters. The molecule has 4 nitrogen and oxygen atoms in total. The molecule has 1 aliphatic rings. The molecule has 0 saturated carbocycles. The van der Waals surface area contributed by atoms with Crippen molar-refractivity contribution < 1.29 is 9.53 Å². The quantitative estimate of drug-likeness (QED) is 0.721. The molecular formula is C20H18N2O2. The van der Waals surface area contributed by atoms with Gasteiger partial charge in [0.2, 0.25) is 0 Å². The minimum absolute atomic E-state index is 0.0508. The fourth-order valence-corrected chi connectivity index (χ4v) is 3.35. The minimum atomic E-state index is -0.0508. The molecule has 120 valence electrons. The van der Waals surface area contributed by atoms with E-state index in [1.807, 2.05) is 47.4 Å². The van der Waals surface area contributed by atoms with E-state index < -0.39 is 0 Å². The van der Waals surface area contributed by atoms with Crippen LogP contribution in [-0.2, 0) is 6.42 Å². The first kappa shape index (κ1) is 14.7. The standard InChI is InChI=1S/C20H18N2O2/c1-13-11-15-5-3-4-6-19(15)22(13)20(23)18-9-7-14-12-16(24-2)8-10-17(14)21-18/h3-10,12-13H,11H2,1-2H3. The molecule has 0 N–H and O–H groups in total. The first-order valence-corrected chi connectivity index (χ1v) is 8.03. The number of nitrogens with zero attached hydrogens (tertiary/aromatic N) is 2. The van der Waals surface area contributed by atoms with Crippen molar-refractivity contribution in [2.45, 2.75) is 19.4 Å². The van der Waals surface area contributed by atoms with E-state index in [9.17, 15) is 4.79 Å². The summed E-state index contributed by atoms with van der Waals surface area (Å²) in [7, 11) is 1.64. The minimum Gasteiger partial charge on any atom is -0.497 e. The van der Waals surface area contributed by atoms with Crippen LogP contribution < -0.4 is 9.64 Å². The zero-order valence-corrected chi connectivity index (χ0v) is 13.7. The fraction of sp³-hybridized carbons (Fsp3) is 0.200. The number of carbonyl (C=O) groups excluding carboxylic acids is 1. The van der Waals surface area contributed by atoms with E-state index in [1.54, 1.807) is 13.2 Å². The molecule has 0 radical (unpaired) electrons. The summed E-state index contributed by atoms with van der Waals surface area (Å²) in [5.41, 5.74) is 3.47.